The van der Waals surface area contributed by atoms with Crippen molar-refractivity contribution in [3.63, 3.8) is 0 Å². The Balaban J connectivity index is 1.82. The number of rotatable bonds is 1. The van der Waals surface area contributed by atoms with Crippen LogP contribution in [0.15, 0.2) is 24.3 Å². The topological polar surface area (TPSA) is 23.6 Å². The molecule has 1 aromatic carbocycles. The summed E-state index contributed by atoms with van der Waals surface area (Å²) in [6.07, 6.45) is 3.20. The minimum atomic E-state index is -0.410. The molecule has 2 aliphatic heterocycles. The molecule has 2 saturated heterocycles. The summed E-state index contributed by atoms with van der Waals surface area (Å²) in [5.41, 5.74) is 0.215. The smallest absolute Gasteiger partial charge is 0.257 e. The zero-order valence-electron chi connectivity index (χ0n) is 11.9. The fourth-order valence-corrected chi connectivity index (χ4v) is 3.63. The highest BCUT2D eigenvalue weighted by Gasteiger charge is 2.37. The molecule has 2 heterocycles. The van der Waals surface area contributed by atoms with Gasteiger partial charge >= 0.3 is 0 Å². The van der Waals surface area contributed by atoms with E-state index < -0.39 is 5.82 Å². The number of carbonyl (C=O) groups excluding carboxylic acids is 1. The largest absolute Gasteiger partial charge is 0.335 e. The molecule has 0 radical (unpaired) electrons. The van der Waals surface area contributed by atoms with Crippen LogP contribution in [0, 0.1) is 11.7 Å². The zero-order valence-corrected chi connectivity index (χ0v) is 11.9. The van der Waals surface area contributed by atoms with Gasteiger partial charge in [-0.15, -0.1) is 0 Å². The molecule has 1 aromatic rings. The summed E-state index contributed by atoms with van der Waals surface area (Å²) in [5.74, 6) is -0.00636. The Labute approximate surface area is 119 Å². The van der Waals surface area contributed by atoms with Crippen molar-refractivity contribution < 1.29 is 9.18 Å². The highest BCUT2D eigenvalue weighted by Crippen LogP contribution is 2.31. The molecule has 20 heavy (non-hydrogen) atoms. The van der Waals surface area contributed by atoms with Gasteiger partial charge in [-0.05, 0) is 50.9 Å². The minimum Gasteiger partial charge on any atom is -0.335 e. The van der Waals surface area contributed by atoms with Gasteiger partial charge in [0.05, 0.1) is 5.56 Å². The third kappa shape index (κ3) is 2.44. The number of nitrogens with zero attached hydrogens (tertiary/aromatic N) is 2. The molecule has 4 heteroatoms. The number of hydrogen-bond donors (Lipinski definition) is 0. The average Bonchev–Trinajstić information content (AvgIpc) is 2.46. The van der Waals surface area contributed by atoms with Crippen LogP contribution in [0.3, 0.4) is 0 Å². The molecule has 3 rings (SSSR count). The molecule has 2 fully saturated rings. The molecule has 1 amide bonds. The maximum atomic E-state index is 13.8. The van der Waals surface area contributed by atoms with Gasteiger partial charge in [-0.25, -0.2) is 4.39 Å². The van der Waals surface area contributed by atoms with Gasteiger partial charge < -0.3 is 9.80 Å². The second-order valence-electron chi connectivity index (χ2n) is 6.00. The molecule has 0 aromatic heterocycles. The first kappa shape index (κ1) is 13.6. The van der Waals surface area contributed by atoms with Crippen LogP contribution in [-0.4, -0.2) is 48.4 Å². The van der Waals surface area contributed by atoms with Crippen molar-refractivity contribution in [2.24, 2.45) is 5.92 Å². The number of carbonyl (C=O) groups is 1. The van der Waals surface area contributed by atoms with Crippen molar-refractivity contribution >= 4 is 5.91 Å². The third-order valence-electron chi connectivity index (χ3n) is 4.64. The number of hydrogen-bond acceptors (Lipinski definition) is 2. The van der Waals surface area contributed by atoms with Gasteiger partial charge in [0.1, 0.15) is 5.82 Å². The first-order valence-corrected chi connectivity index (χ1v) is 7.41. The maximum Gasteiger partial charge on any atom is 0.257 e. The van der Waals surface area contributed by atoms with Crippen molar-refractivity contribution in [2.75, 3.05) is 26.7 Å². The van der Waals surface area contributed by atoms with Crippen molar-refractivity contribution in [3.05, 3.63) is 35.6 Å². The lowest BCUT2D eigenvalue weighted by Crippen LogP contribution is -2.55. The van der Waals surface area contributed by atoms with E-state index in [4.69, 9.17) is 0 Å². The molecule has 0 spiro atoms. The molecule has 0 saturated carbocycles. The molecule has 2 unspecified atom stereocenters. The van der Waals surface area contributed by atoms with Gasteiger partial charge in [-0.3, -0.25) is 4.79 Å². The van der Waals surface area contributed by atoms with Crippen LogP contribution < -0.4 is 0 Å². The lowest BCUT2D eigenvalue weighted by Gasteiger charge is -2.46. The fraction of sp³-hybridized carbons (Fsp3) is 0.562. The number of amides is 1. The first-order chi connectivity index (χ1) is 9.66. The lowest BCUT2D eigenvalue weighted by molar-refractivity contribution is 0.0250. The van der Waals surface area contributed by atoms with Crippen LogP contribution in [0.5, 0.6) is 0 Å². The van der Waals surface area contributed by atoms with Gasteiger partial charge in [0.25, 0.3) is 5.91 Å². The predicted octanol–water partition coefficient (Wildman–Crippen LogP) is 2.38. The number of likely N-dealkylation sites (tertiary alicyclic amines) is 2. The van der Waals surface area contributed by atoms with E-state index in [1.54, 1.807) is 18.2 Å². The van der Waals surface area contributed by atoms with E-state index in [9.17, 15) is 9.18 Å². The van der Waals surface area contributed by atoms with Crippen LogP contribution in [0.4, 0.5) is 4.39 Å². The van der Waals surface area contributed by atoms with Crippen molar-refractivity contribution in [2.45, 2.75) is 25.3 Å². The number of benzene rings is 1. The summed E-state index contributed by atoms with van der Waals surface area (Å²) in [6, 6.07) is 6.60. The van der Waals surface area contributed by atoms with Crippen LogP contribution in [0.1, 0.15) is 29.6 Å². The molecule has 108 valence electrons. The number of fused-ring (bicyclic) bond motifs is 1. The Morgan fingerprint density at radius 1 is 1.25 bits per heavy atom. The quantitative estimate of drug-likeness (QED) is 0.786. The Morgan fingerprint density at radius 2 is 2.05 bits per heavy atom. The van der Waals surface area contributed by atoms with Crippen LogP contribution in [-0.2, 0) is 0 Å². The summed E-state index contributed by atoms with van der Waals surface area (Å²) < 4.78 is 13.8. The molecule has 2 atom stereocenters. The highest BCUT2D eigenvalue weighted by atomic mass is 19.1. The predicted molar refractivity (Wildman–Crippen MR) is 76.1 cm³/mol. The summed E-state index contributed by atoms with van der Waals surface area (Å²) >= 11 is 0. The average molecular weight is 276 g/mol. The second kappa shape index (κ2) is 5.52. The van der Waals surface area contributed by atoms with Gasteiger partial charge in [0.15, 0.2) is 0 Å². The molecular formula is C16H21FN2O. The van der Waals surface area contributed by atoms with Gasteiger partial charge in [-0.1, -0.05) is 12.1 Å². The second-order valence-corrected chi connectivity index (χ2v) is 6.00. The lowest BCUT2D eigenvalue weighted by atomic mass is 9.83. The molecule has 0 N–H and O–H groups in total. The summed E-state index contributed by atoms with van der Waals surface area (Å²) in [7, 11) is 2.13. The standard InChI is InChI=1S/C16H21FN2O/c1-18-10-8-15-12(11-18)5-4-9-19(15)16(20)13-6-2-3-7-14(13)17/h2-3,6-7,12,15H,4-5,8-11H2,1H3. The van der Waals surface area contributed by atoms with E-state index in [2.05, 4.69) is 11.9 Å². The van der Waals surface area contributed by atoms with Crippen molar-refractivity contribution in [3.8, 4) is 0 Å². The van der Waals surface area contributed by atoms with Crippen molar-refractivity contribution in [1.82, 2.24) is 9.80 Å². The van der Waals surface area contributed by atoms with Gasteiger partial charge in [0.2, 0.25) is 0 Å². The van der Waals surface area contributed by atoms with Gasteiger partial charge in [0, 0.05) is 19.1 Å². The maximum absolute atomic E-state index is 13.8. The Bertz CT molecular complexity index is 505. The third-order valence-corrected chi connectivity index (χ3v) is 4.64. The Hall–Kier alpha value is -1.42. The van der Waals surface area contributed by atoms with E-state index in [1.165, 1.54) is 12.5 Å². The van der Waals surface area contributed by atoms with Crippen molar-refractivity contribution in [1.29, 1.82) is 0 Å². The molecule has 2 aliphatic rings. The molecular weight excluding hydrogens is 255 g/mol. The monoisotopic (exact) mass is 276 g/mol. The number of halogens is 1. The fourth-order valence-electron chi connectivity index (χ4n) is 3.63. The van der Waals surface area contributed by atoms with Gasteiger partial charge in [-0.2, -0.15) is 0 Å². The first-order valence-electron chi connectivity index (χ1n) is 7.41. The minimum absolute atomic E-state index is 0.137. The van der Waals surface area contributed by atoms with E-state index in [0.717, 1.165) is 32.5 Å². The number of piperidine rings is 2. The Morgan fingerprint density at radius 3 is 2.85 bits per heavy atom. The van der Waals surface area contributed by atoms with E-state index in [1.807, 2.05) is 4.90 Å². The highest BCUT2D eigenvalue weighted by molar-refractivity contribution is 5.94. The van der Waals surface area contributed by atoms with Crippen LogP contribution in [0.25, 0.3) is 0 Å². The normalized spacial score (nSPS) is 27.2. The zero-order chi connectivity index (χ0) is 14.1. The summed E-state index contributed by atoms with van der Waals surface area (Å²) in [6.45, 7) is 2.83. The molecule has 0 aliphatic carbocycles. The Kier molecular flexibility index (Phi) is 3.74. The molecule has 0 bridgehead atoms. The SMILES string of the molecule is CN1CCC2C(CCCN2C(=O)c2ccccc2F)C1. The van der Waals surface area contributed by atoms with E-state index in [0.29, 0.717) is 5.92 Å². The van der Waals surface area contributed by atoms with Crippen LogP contribution in [0.2, 0.25) is 0 Å². The van der Waals surface area contributed by atoms with Crippen LogP contribution >= 0.6 is 0 Å². The molecule has 3 nitrogen and oxygen atoms in total. The van der Waals surface area contributed by atoms with E-state index in [-0.39, 0.29) is 17.5 Å². The summed E-state index contributed by atoms with van der Waals surface area (Å²) in [4.78, 5) is 16.9. The summed E-state index contributed by atoms with van der Waals surface area (Å²) in [5, 5.41) is 0. The van der Waals surface area contributed by atoms with E-state index >= 15 is 0 Å².